The van der Waals surface area contributed by atoms with Gasteiger partial charge in [0.25, 0.3) is 6.01 Å². The second kappa shape index (κ2) is 3.83. The number of nitrogens with one attached hydrogen (secondary N) is 2. The molecule has 1 amide bonds. The Morgan fingerprint density at radius 1 is 1.39 bits per heavy atom. The van der Waals surface area contributed by atoms with E-state index in [2.05, 4.69) is 36.4 Å². The largest absolute Gasteiger partial charge is 0.423 e. The number of nitrogens with zero attached hydrogens (tertiary/aromatic N) is 2. The number of rotatable bonds is 0. The summed E-state index contributed by atoms with van der Waals surface area (Å²) in [5.74, 6) is 0.861. The Morgan fingerprint density at radius 2 is 2.22 bits per heavy atom. The number of carbonyl (C=O) groups excluding carboxylic acids is 1. The molecule has 1 spiro atoms. The van der Waals surface area contributed by atoms with E-state index in [1.807, 2.05) is 25.1 Å². The van der Waals surface area contributed by atoms with E-state index in [1.165, 1.54) is 0 Å². The number of fused-ring (bicyclic) bond motifs is 7. The van der Waals surface area contributed by atoms with Gasteiger partial charge in [0.05, 0.1) is 0 Å². The quantitative estimate of drug-likeness (QED) is 0.561. The Bertz CT molecular complexity index is 1020. The van der Waals surface area contributed by atoms with Crippen molar-refractivity contribution in [1.82, 2.24) is 15.2 Å². The second-order valence-electron chi connectivity index (χ2n) is 5.70. The van der Waals surface area contributed by atoms with Gasteiger partial charge in [-0.25, -0.2) is 0 Å². The summed E-state index contributed by atoms with van der Waals surface area (Å²) in [4.78, 5) is 17.3. The molecule has 7 nitrogen and oxygen atoms in total. The molecule has 0 saturated carbocycles. The van der Waals surface area contributed by atoms with Crippen LogP contribution in [0.15, 0.2) is 27.1 Å². The molecular weight excluding hydrogens is 362 g/mol. The summed E-state index contributed by atoms with van der Waals surface area (Å²) in [6, 6.07) is 5.77. The Kier molecular flexibility index (Phi) is 2.14. The summed E-state index contributed by atoms with van der Waals surface area (Å²) in [6.07, 6.45) is 0. The summed E-state index contributed by atoms with van der Waals surface area (Å²) in [5, 5.41) is 9.95. The first-order valence-corrected chi connectivity index (χ1v) is 7.77. The van der Waals surface area contributed by atoms with Crippen LogP contribution in [0.1, 0.15) is 22.5 Å². The number of anilines is 2. The molecule has 114 valence electrons. The van der Waals surface area contributed by atoms with Crippen LogP contribution >= 0.6 is 15.9 Å². The number of amides is 1. The third-order valence-electron chi connectivity index (χ3n) is 4.52. The molecule has 1 aliphatic heterocycles. The van der Waals surface area contributed by atoms with Gasteiger partial charge >= 0.3 is 0 Å². The number of benzene rings is 1. The zero-order valence-corrected chi connectivity index (χ0v) is 13.5. The van der Waals surface area contributed by atoms with Crippen LogP contribution in [0.2, 0.25) is 0 Å². The Labute approximate surface area is 138 Å². The maximum Gasteiger partial charge on any atom is 0.292 e. The van der Waals surface area contributed by atoms with Gasteiger partial charge in [0.2, 0.25) is 5.91 Å². The van der Waals surface area contributed by atoms with Gasteiger partial charge < -0.3 is 15.5 Å². The fourth-order valence-corrected chi connectivity index (χ4v) is 4.06. The first-order chi connectivity index (χ1) is 11.0. The molecule has 3 aromatic rings. The molecule has 23 heavy (non-hydrogen) atoms. The van der Waals surface area contributed by atoms with Gasteiger partial charge in [-0.15, -0.1) is 0 Å². The van der Waals surface area contributed by atoms with Crippen LogP contribution < -0.4 is 11.1 Å². The minimum Gasteiger partial charge on any atom is -0.423 e. The topological polar surface area (TPSA) is 110 Å². The summed E-state index contributed by atoms with van der Waals surface area (Å²) in [5.41, 5.74) is 8.41. The number of aryl methyl sites for hydroxylation is 1. The molecule has 1 aromatic carbocycles. The van der Waals surface area contributed by atoms with Crippen molar-refractivity contribution in [3.63, 3.8) is 0 Å². The number of nitrogens with two attached hydrogens (primary N) is 1. The molecule has 2 aliphatic rings. The van der Waals surface area contributed by atoms with Gasteiger partial charge in [0.1, 0.15) is 5.69 Å². The number of aromatic nitrogens is 3. The van der Waals surface area contributed by atoms with Crippen molar-refractivity contribution in [2.24, 2.45) is 0 Å². The number of hydrogen-bond donors (Lipinski definition) is 3. The van der Waals surface area contributed by atoms with E-state index in [4.69, 9.17) is 10.2 Å². The van der Waals surface area contributed by atoms with E-state index >= 15 is 0 Å². The van der Waals surface area contributed by atoms with E-state index in [-0.39, 0.29) is 11.9 Å². The van der Waals surface area contributed by atoms with Crippen LogP contribution in [0.4, 0.5) is 11.8 Å². The monoisotopic (exact) mass is 371 g/mol. The van der Waals surface area contributed by atoms with Gasteiger partial charge in [0, 0.05) is 21.3 Å². The zero-order valence-electron chi connectivity index (χ0n) is 11.9. The molecule has 0 saturated heterocycles. The van der Waals surface area contributed by atoms with Crippen molar-refractivity contribution in [3.8, 4) is 11.3 Å². The molecule has 0 bridgehead atoms. The molecule has 4 N–H and O–H groups in total. The van der Waals surface area contributed by atoms with Gasteiger partial charge in [0.15, 0.2) is 17.0 Å². The summed E-state index contributed by atoms with van der Waals surface area (Å²) >= 11 is 3.48. The van der Waals surface area contributed by atoms with E-state index in [0.29, 0.717) is 17.3 Å². The lowest BCUT2D eigenvalue weighted by Gasteiger charge is -2.22. The van der Waals surface area contributed by atoms with Crippen molar-refractivity contribution in [3.05, 3.63) is 45.2 Å². The fourth-order valence-electron chi connectivity index (χ4n) is 3.70. The molecule has 0 fully saturated rings. The highest BCUT2D eigenvalue weighted by molar-refractivity contribution is 9.10. The fraction of sp³-hybridized carbons (Fsp3) is 0.133. The molecule has 8 heteroatoms. The highest BCUT2D eigenvalue weighted by atomic mass is 79.9. The van der Waals surface area contributed by atoms with Crippen LogP contribution in [0.3, 0.4) is 0 Å². The molecular formula is C15H10BrN5O2. The SMILES string of the molecule is Cc1[nH]nc2c1[C@@]1(C(=O)N2)c2cc(Br)ccc2-c2oc(N)nc21. The van der Waals surface area contributed by atoms with E-state index in [9.17, 15) is 4.79 Å². The highest BCUT2D eigenvalue weighted by Gasteiger charge is 2.60. The molecule has 1 atom stereocenters. The molecule has 2 aromatic heterocycles. The van der Waals surface area contributed by atoms with Gasteiger partial charge in [-0.1, -0.05) is 15.9 Å². The lowest BCUT2D eigenvalue weighted by Crippen LogP contribution is -2.36. The molecule has 3 heterocycles. The maximum absolute atomic E-state index is 13.0. The van der Waals surface area contributed by atoms with Crippen LogP contribution in [0.5, 0.6) is 0 Å². The standard InChI is InChI=1S/C15H10BrN5O2/c1-5-9-12(21-20-5)19-13(22)15(9)8-4-6(16)2-3-7(8)10-11(15)18-14(17)23-10/h2-4H,1H3,(H2,17,18)(H2,19,20,21,22)/t15-/m0/s1. The number of carbonyl (C=O) groups is 1. The van der Waals surface area contributed by atoms with Crippen LogP contribution in [0.25, 0.3) is 11.3 Å². The summed E-state index contributed by atoms with van der Waals surface area (Å²) in [6.45, 7) is 1.88. The van der Waals surface area contributed by atoms with Crippen molar-refractivity contribution in [1.29, 1.82) is 0 Å². The zero-order chi connectivity index (χ0) is 15.9. The first-order valence-electron chi connectivity index (χ1n) is 6.97. The summed E-state index contributed by atoms with van der Waals surface area (Å²) < 4.78 is 6.47. The van der Waals surface area contributed by atoms with Crippen LogP contribution in [-0.2, 0) is 10.2 Å². The van der Waals surface area contributed by atoms with Gasteiger partial charge in [-0.2, -0.15) is 10.1 Å². The number of oxazole rings is 1. The molecule has 0 unspecified atom stereocenters. The average molecular weight is 372 g/mol. The van der Waals surface area contributed by atoms with Gasteiger partial charge in [-0.05, 0) is 30.7 Å². The first kappa shape index (κ1) is 12.9. The van der Waals surface area contributed by atoms with Gasteiger partial charge in [-0.3, -0.25) is 9.89 Å². The normalized spacial score (nSPS) is 20.5. The average Bonchev–Trinajstić information content (AvgIpc) is 3.18. The van der Waals surface area contributed by atoms with Crippen LogP contribution in [0, 0.1) is 6.92 Å². The van der Waals surface area contributed by atoms with Crippen molar-refractivity contribution in [2.75, 3.05) is 11.1 Å². The lowest BCUT2D eigenvalue weighted by molar-refractivity contribution is -0.118. The summed E-state index contributed by atoms with van der Waals surface area (Å²) in [7, 11) is 0. The number of hydrogen-bond acceptors (Lipinski definition) is 5. The Hall–Kier alpha value is -2.61. The lowest BCUT2D eigenvalue weighted by atomic mass is 9.76. The van der Waals surface area contributed by atoms with Crippen molar-refractivity contribution < 1.29 is 9.21 Å². The predicted octanol–water partition coefficient (Wildman–Crippen LogP) is 2.32. The number of nitrogen functional groups attached to an aromatic ring is 1. The third-order valence-corrected chi connectivity index (χ3v) is 5.02. The number of H-pyrrole nitrogens is 1. The van der Waals surface area contributed by atoms with E-state index in [1.54, 1.807) is 0 Å². The highest BCUT2D eigenvalue weighted by Crippen LogP contribution is 2.57. The van der Waals surface area contributed by atoms with E-state index in [0.717, 1.165) is 26.9 Å². The molecule has 0 radical (unpaired) electrons. The Balaban J connectivity index is 1.99. The molecule has 5 rings (SSSR count). The van der Waals surface area contributed by atoms with Crippen molar-refractivity contribution >= 4 is 33.7 Å². The van der Waals surface area contributed by atoms with E-state index < -0.39 is 5.41 Å². The minimum absolute atomic E-state index is 0.0466. The minimum atomic E-state index is -1.08. The van der Waals surface area contributed by atoms with Crippen molar-refractivity contribution in [2.45, 2.75) is 12.3 Å². The third kappa shape index (κ3) is 1.29. The predicted molar refractivity (Wildman–Crippen MR) is 85.9 cm³/mol. The maximum atomic E-state index is 13.0. The number of halogens is 1. The Morgan fingerprint density at radius 3 is 3.04 bits per heavy atom. The van der Waals surface area contributed by atoms with Crippen LogP contribution in [-0.4, -0.2) is 21.1 Å². The smallest absolute Gasteiger partial charge is 0.292 e. The molecule has 1 aliphatic carbocycles. The number of aromatic amines is 1. The second-order valence-corrected chi connectivity index (χ2v) is 6.61.